The van der Waals surface area contributed by atoms with E-state index in [1.807, 2.05) is 0 Å². The summed E-state index contributed by atoms with van der Waals surface area (Å²) in [5.74, 6) is 0.0752. The molecule has 1 aromatic heterocycles. The first-order chi connectivity index (χ1) is 8.26. The molecule has 1 amide bonds. The molecular weight excluding hydrogens is 256 g/mol. The zero-order chi connectivity index (χ0) is 13.6. The van der Waals surface area contributed by atoms with Crippen molar-refractivity contribution >= 4 is 21.7 Å². The lowest BCUT2D eigenvalue weighted by atomic mass is 10.2. The summed E-state index contributed by atoms with van der Waals surface area (Å²) in [7, 11) is -3.47. The van der Waals surface area contributed by atoms with Gasteiger partial charge < -0.3 is 5.73 Å². The molecule has 0 spiro atoms. The standard InChI is InChI=1S/C10H16N4O3S/c1-10(2)9(15)14(18(10,16)17)6-3-5-13-7-4-8(11)12-13/h4,7H,3,5-6H2,1-2H3,(H2,11,12). The van der Waals surface area contributed by atoms with Gasteiger partial charge in [0, 0.05) is 19.3 Å². The summed E-state index contributed by atoms with van der Waals surface area (Å²) < 4.78 is 24.9. The minimum Gasteiger partial charge on any atom is -0.382 e. The molecule has 0 aliphatic carbocycles. The van der Waals surface area contributed by atoms with Crippen molar-refractivity contribution in [2.75, 3.05) is 12.3 Å². The summed E-state index contributed by atoms with van der Waals surface area (Å²) in [6.07, 6.45) is 2.23. The fourth-order valence-electron chi connectivity index (χ4n) is 1.86. The van der Waals surface area contributed by atoms with Crippen molar-refractivity contribution in [2.24, 2.45) is 0 Å². The van der Waals surface area contributed by atoms with Gasteiger partial charge in [0.1, 0.15) is 5.82 Å². The van der Waals surface area contributed by atoms with E-state index in [0.717, 1.165) is 4.31 Å². The zero-order valence-corrected chi connectivity index (χ0v) is 11.1. The number of hydrogen-bond acceptors (Lipinski definition) is 5. The van der Waals surface area contributed by atoms with Gasteiger partial charge in [-0.1, -0.05) is 0 Å². The van der Waals surface area contributed by atoms with Gasteiger partial charge in [0.25, 0.3) is 15.9 Å². The van der Waals surface area contributed by atoms with Gasteiger partial charge in [0.2, 0.25) is 0 Å². The second-order valence-electron chi connectivity index (χ2n) is 4.75. The summed E-state index contributed by atoms with van der Waals surface area (Å²) in [6.45, 7) is 3.56. The number of nitrogens with zero attached hydrogens (tertiary/aromatic N) is 3. The summed E-state index contributed by atoms with van der Waals surface area (Å²) in [4.78, 5) is 11.6. The number of nitrogen functional groups attached to an aromatic ring is 1. The first kappa shape index (κ1) is 12.9. The van der Waals surface area contributed by atoms with Gasteiger partial charge in [-0.15, -0.1) is 0 Å². The SMILES string of the molecule is CC1(C)C(=O)N(CCCn2ccc(N)n2)S1(=O)=O. The Hall–Kier alpha value is -1.57. The summed E-state index contributed by atoms with van der Waals surface area (Å²) in [6, 6.07) is 1.66. The normalized spacial score (nSPS) is 20.8. The fourth-order valence-corrected chi connectivity index (χ4v) is 3.42. The van der Waals surface area contributed by atoms with Crippen molar-refractivity contribution in [3.8, 4) is 0 Å². The molecule has 1 aliphatic heterocycles. The number of carbonyl (C=O) groups is 1. The van der Waals surface area contributed by atoms with E-state index >= 15 is 0 Å². The van der Waals surface area contributed by atoms with Crippen LogP contribution in [0.4, 0.5) is 5.82 Å². The third-order valence-corrected chi connectivity index (χ3v) is 5.48. The van der Waals surface area contributed by atoms with E-state index in [4.69, 9.17) is 5.73 Å². The maximum absolute atomic E-state index is 11.8. The van der Waals surface area contributed by atoms with Crippen LogP contribution < -0.4 is 5.73 Å². The van der Waals surface area contributed by atoms with Gasteiger partial charge >= 0.3 is 0 Å². The predicted molar refractivity (Wildman–Crippen MR) is 66.0 cm³/mol. The number of nitrogens with two attached hydrogens (primary N) is 1. The zero-order valence-electron chi connectivity index (χ0n) is 10.3. The van der Waals surface area contributed by atoms with Gasteiger partial charge in [-0.2, -0.15) is 5.10 Å². The molecule has 2 rings (SSSR count). The largest absolute Gasteiger partial charge is 0.382 e. The Labute approximate surface area is 106 Å². The summed E-state index contributed by atoms with van der Waals surface area (Å²) in [5, 5.41) is 3.98. The van der Waals surface area contributed by atoms with Crippen molar-refractivity contribution < 1.29 is 13.2 Å². The van der Waals surface area contributed by atoms with Crippen LogP contribution in [0.15, 0.2) is 12.3 Å². The van der Waals surface area contributed by atoms with Crippen LogP contribution in [0.25, 0.3) is 0 Å². The number of hydrogen-bond donors (Lipinski definition) is 1. The third-order valence-electron chi connectivity index (χ3n) is 3.09. The van der Waals surface area contributed by atoms with E-state index in [9.17, 15) is 13.2 Å². The number of carbonyl (C=O) groups excluding carboxylic acids is 1. The van der Waals surface area contributed by atoms with Gasteiger partial charge in [-0.3, -0.25) is 9.48 Å². The topological polar surface area (TPSA) is 98.3 Å². The van der Waals surface area contributed by atoms with Crippen LogP contribution in [0, 0.1) is 0 Å². The highest BCUT2D eigenvalue weighted by Gasteiger charge is 2.59. The summed E-state index contributed by atoms with van der Waals surface area (Å²) in [5.41, 5.74) is 5.46. The highest BCUT2D eigenvalue weighted by molar-refractivity contribution is 7.94. The molecule has 1 saturated heterocycles. The molecule has 0 atom stereocenters. The maximum Gasteiger partial charge on any atom is 0.258 e. The Morgan fingerprint density at radius 1 is 1.39 bits per heavy atom. The van der Waals surface area contributed by atoms with Crippen LogP contribution in [-0.2, 0) is 21.4 Å². The molecule has 1 aromatic rings. The quantitative estimate of drug-likeness (QED) is 0.819. The molecule has 1 fully saturated rings. The van der Waals surface area contributed by atoms with Gasteiger partial charge in [0.05, 0.1) is 0 Å². The summed E-state index contributed by atoms with van der Waals surface area (Å²) >= 11 is 0. The van der Waals surface area contributed by atoms with Crippen molar-refractivity contribution in [3.05, 3.63) is 12.3 Å². The molecule has 100 valence electrons. The first-order valence-corrected chi connectivity index (χ1v) is 7.06. The minimum atomic E-state index is -3.47. The van der Waals surface area contributed by atoms with E-state index in [-0.39, 0.29) is 12.5 Å². The van der Waals surface area contributed by atoms with E-state index in [2.05, 4.69) is 5.10 Å². The van der Waals surface area contributed by atoms with Crippen LogP contribution in [-0.4, -0.2) is 39.7 Å². The smallest absolute Gasteiger partial charge is 0.258 e. The van der Waals surface area contributed by atoms with E-state index < -0.39 is 14.8 Å². The Bertz CT molecular complexity index is 576. The third kappa shape index (κ3) is 1.76. The molecule has 0 radical (unpaired) electrons. The van der Waals surface area contributed by atoms with Gasteiger partial charge in [0.15, 0.2) is 4.75 Å². The molecule has 7 nitrogen and oxygen atoms in total. The predicted octanol–water partition coefficient (Wildman–Crippen LogP) is -0.194. The van der Waals surface area contributed by atoms with Crippen LogP contribution in [0.2, 0.25) is 0 Å². The van der Waals surface area contributed by atoms with Crippen LogP contribution in [0.5, 0.6) is 0 Å². The van der Waals surface area contributed by atoms with Crippen molar-refractivity contribution in [2.45, 2.75) is 31.6 Å². The second kappa shape index (κ2) is 3.98. The molecule has 0 unspecified atom stereocenters. The average Bonchev–Trinajstić information content (AvgIpc) is 2.69. The van der Waals surface area contributed by atoms with E-state index in [1.165, 1.54) is 13.8 Å². The first-order valence-electron chi connectivity index (χ1n) is 5.62. The molecule has 0 bridgehead atoms. The van der Waals surface area contributed by atoms with Gasteiger partial charge in [-0.25, -0.2) is 12.7 Å². The number of sulfonamides is 1. The lowest BCUT2D eigenvalue weighted by Gasteiger charge is -2.43. The molecule has 18 heavy (non-hydrogen) atoms. The molecule has 2 N–H and O–H groups in total. The molecular formula is C10H16N4O3S. The maximum atomic E-state index is 11.8. The van der Waals surface area contributed by atoms with Crippen molar-refractivity contribution in [3.63, 3.8) is 0 Å². The van der Waals surface area contributed by atoms with Crippen molar-refractivity contribution in [1.29, 1.82) is 0 Å². The molecule has 0 aromatic carbocycles. The Kier molecular flexibility index (Phi) is 2.84. The highest BCUT2D eigenvalue weighted by atomic mass is 32.2. The second-order valence-corrected chi connectivity index (χ2v) is 7.16. The van der Waals surface area contributed by atoms with Crippen molar-refractivity contribution in [1.82, 2.24) is 14.1 Å². The average molecular weight is 272 g/mol. The fraction of sp³-hybridized carbons (Fsp3) is 0.600. The Morgan fingerprint density at radius 2 is 2.06 bits per heavy atom. The number of rotatable bonds is 4. The Morgan fingerprint density at radius 3 is 2.56 bits per heavy atom. The molecule has 0 saturated carbocycles. The van der Waals surface area contributed by atoms with Gasteiger partial charge in [-0.05, 0) is 26.3 Å². The lowest BCUT2D eigenvalue weighted by Crippen LogP contribution is -2.67. The van der Waals surface area contributed by atoms with E-state index in [0.29, 0.717) is 18.8 Å². The number of aryl methyl sites for hydroxylation is 1. The number of anilines is 1. The molecule has 8 heteroatoms. The van der Waals surface area contributed by atoms with Crippen LogP contribution in [0.1, 0.15) is 20.3 Å². The number of aromatic nitrogens is 2. The Balaban J connectivity index is 1.91. The highest BCUT2D eigenvalue weighted by Crippen LogP contribution is 2.34. The minimum absolute atomic E-state index is 0.185. The lowest BCUT2D eigenvalue weighted by molar-refractivity contribution is -0.132. The number of amides is 1. The van der Waals surface area contributed by atoms with E-state index in [1.54, 1.807) is 16.9 Å². The monoisotopic (exact) mass is 272 g/mol. The molecule has 2 heterocycles. The van der Waals surface area contributed by atoms with Crippen LogP contribution >= 0.6 is 0 Å². The van der Waals surface area contributed by atoms with Crippen LogP contribution in [0.3, 0.4) is 0 Å². The molecule has 1 aliphatic rings.